The zero-order chi connectivity index (χ0) is 24.0. The van der Waals surface area contributed by atoms with Crippen molar-refractivity contribution in [2.75, 3.05) is 12.4 Å². The molecule has 1 aromatic heterocycles. The summed E-state index contributed by atoms with van der Waals surface area (Å²) in [5.41, 5.74) is 4.54. The van der Waals surface area contributed by atoms with Crippen LogP contribution in [-0.2, 0) is 11.4 Å². The first-order chi connectivity index (χ1) is 16.3. The van der Waals surface area contributed by atoms with Gasteiger partial charge in [-0.1, -0.05) is 43.2 Å². The van der Waals surface area contributed by atoms with Crippen molar-refractivity contribution in [3.8, 4) is 11.5 Å². The highest BCUT2D eigenvalue weighted by molar-refractivity contribution is 9.10. The number of hydrogen-bond acceptors (Lipinski definition) is 7. The van der Waals surface area contributed by atoms with E-state index in [9.17, 15) is 4.79 Å². The molecule has 1 N–H and O–H groups in total. The summed E-state index contributed by atoms with van der Waals surface area (Å²) < 4.78 is 14.3. The van der Waals surface area contributed by atoms with Crippen molar-refractivity contribution in [2.45, 2.75) is 46.3 Å². The zero-order valence-corrected chi connectivity index (χ0v) is 21.1. The molecule has 0 spiro atoms. The lowest BCUT2D eigenvalue weighted by Gasteiger charge is -2.38. The second-order valence-corrected chi connectivity index (χ2v) is 10.4. The number of methoxy groups -OCH3 is 1. The van der Waals surface area contributed by atoms with Crippen LogP contribution in [0.4, 0.5) is 5.95 Å². The summed E-state index contributed by atoms with van der Waals surface area (Å²) in [6.45, 7) is 6.67. The molecule has 0 amide bonds. The Morgan fingerprint density at radius 1 is 1.24 bits per heavy atom. The number of ether oxygens (including phenoxy) is 2. The monoisotopic (exact) mass is 523 g/mol. The predicted octanol–water partition coefficient (Wildman–Crippen LogP) is 4.99. The van der Waals surface area contributed by atoms with Crippen LogP contribution >= 0.6 is 15.9 Å². The second kappa shape index (κ2) is 8.54. The van der Waals surface area contributed by atoms with E-state index in [0.717, 1.165) is 33.3 Å². The number of fused-ring (bicyclic) bond motifs is 1. The molecule has 2 aromatic carbocycles. The van der Waals surface area contributed by atoms with Crippen LogP contribution in [-0.4, -0.2) is 33.1 Å². The number of anilines is 1. The minimum absolute atomic E-state index is 0.0971. The number of tetrazole rings is 1. The summed E-state index contributed by atoms with van der Waals surface area (Å²) in [4.78, 5) is 13.3. The molecule has 1 aliphatic carbocycles. The second-order valence-electron chi connectivity index (χ2n) is 9.56. The first-order valence-electron chi connectivity index (χ1n) is 11.1. The topological polar surface area (TPSA) is 91.2 Å². The van der Waals surface area contributed by atoms with E-state index in [1.165, 1.54) is 0 Å². The standard InChI is InChI=1S/C25H26BrN5O3/c1-14-7-5-6-8-15(14)13-34-23-17(26)9-16(10-20(23)33-4)22-21-18(11-25(2,3)12-19(21)32)27-24-28-29-30-31(22)24/h5-10,22H,11-13H2,1-4H3,(H,27,28,30). The minimum atomic E-state index is -0.458. The number of carbonyl (C=O) groups is 1. The summed E-state index contributed by atoms with van der Waals surface area (Å²) in [6.07, 6.45) is 1.21. The van der Waals surface area contributed by atoms with Gasteiger partial charge < -0.3 is 14.8 Å². The van der Waals surface area contributed by atoms with E-state index >= 15 is 0 Å². The number of hydrogen-bond donors (Lipinski definition) is 1. The Kier molecular flexibility index (Phi) is 5.67. The fourth-order valence-corrected chi connectivity index (χ4v) is 5.31. The van der Waals surface area contributed by atoms with Crippen molar-refractivity contribution in [3.63, 3.8) is 0 Å². The molecule has 0 bridgehead atoms. The lowest BCUT2D eigenvalue weighted by atomic mass is 9.73. The van der Waals surface area contributed by atoms with Gasteiger partial charge in [0.25, 0.3) is 0 Å². The van der Waals surface area contributed by atoms with Crippen LogP contribution in [0.25, 0.3) is 0 Å². The van der Waals surface area contributed by atoms with Crippen molar-refractivity contribution >= 4 is 27.7 Å². The highest BCUT2D eigenvalue weighted by atomic mass is 79.9. The number of carbonyl (C=O) groups excluding carboxylic acids is 1. The Labute approximate surface area is 206 Å². The number of aryl methyl sites for hydroxylation is 1. The average molecular weight is 524 g/mol. The van der Waals surface area contributed by atoms with Gasteiger partial charge in [-0.25, -0.2) is 0 Å². The fraction of sp³-hybridized carbons (Fsp3) is 0.360. The van der Waals surface area contributed by atoms with E-state index in [4.69, 9.17) is 9.47 Å². The van der Waals surface area contributed by atoms with E-state index in [-0.39, 0.29) is 11.2 Å². The summed E-state index contributed by atoms with van der Waals surface area (Å²) in [5.74, 6) is 1.78. The Balaban J connectivity index is 1.55. The lowest BCUT2D eigenvalue weighted by molar-refractivity contribution is -0.118. The molecular formula is C25H26BrN5O3. The fourth-order valence-electron chi connectivity index (χ4n) is 4.74. The van der Waals surface area contributed by atoms with Crippen LogP contribution in [0, 0.1) is 12.3 Å². The van der Waals surface area contributed by atoms with Crippen LogP contribution in [0.2, 0.25) is 0 Å². The van der Waals surface area contributed by atoms with Gasteiger partial charge in [0.05, 0.1) is 11.6 Å². The van der Waals surface area contributed by atoms with Crippen LogP contribution in [0.1, 0.15) is 49.4 Å². The number of rotatable bonds is 5. The quantitative estimate of drug-likeness (QED) is 0.503. The predicted molar refractivity (Wildman–Crippen MR) is 131 cm³/mol. The molecule has 1 atom stereocenters. The Bertz CT molecular complexity index is 1310. The number of halogens is 1. The number of aromatic nitrogens is 4. The van der Waals surface area contributed by atoms with Crippen molar-refractivity contribution in [2.24, 2.45) is 5.41 Å². The molecule has 2 heterocycles. The van der Waals surface area contributed by atoms with Gasteiger partial charge >= 0.3 is 0 Å². The number of allylic oxidation sites excluding steroid dienone is 2. The normalized spacial score (nSPS) is 18.7. The molecule has 2 aliphatic rings. The molecule has 34 heavy (non-hydrogen) atoms. The third-order valence-electron chi connectivity index (χ3n) is 6.39. The zero-order valence-electron chi connectivity index (χ0n) is 19.6. The number of nitrogens with one attached hydrogen (secondary N) is 1. The molecule has 3 aromatic rings. The highest BCUT2D eigenvalue weighted by Gasteiger charge is 2.42. The molecule has 9 heteroatoms. The maximum absolute atomic E-state index is 13.3. The van der Waals surface area contributed by atoms with Gasteiger partial charge in [0, 0.05) is 17.7 Å². The van der Waals surface area contributed by atoms with Gasteiger partial charge in [-0.15, -0.1) is 0 Å². The van der Waals surface area contributed by atoms with E-state index in [1.807, 2.05) is 30.3 Å². The first kappa shape index (κ1) is 22.6. The smallest absolute Gasteiger partial charge is 0.248 e. The van der Waals surface area contributed by atoms with Crippen molar-refractivity contribution < 1.29 is 14.3 Å². The number of benzene rings is 2. The van der Waals surface area contributed by atoms with E-state index in [2.05, 4.69) is 63.6 Å². The Morgan fingerprint density at radius 3 is 2.79 bits per heavy atom. The molecule has 1 aliphatic heterocycles. The maximum atomic E-state index is 13.3. The van der Waals surface area contributed by atoms with Crippen LogP contribution < -0.4 is 14.8 Å². The summed E-state index contributed by atoms with van der Waals surface area (Å²) in [7, 11) is 1.61. The third-order valence-corrected chi connectivity index (χ3v) is 6.98. The molecule has 8 nitrogen and oxygen atoms in total. The maximum Gasteiger partial charge on any atom is 0.248 e. The largest absolute Gasteiger partial charge is 0.493 e. The molecule has 0 saturated heterocycles. The molecule has 0 radical (unpaired) electrons. The number of nitrogens with zero attached hydrogens (tertiary/aromatic N) is 4. The van der Waals surface area contributed by atoms with Gasteiger partial charge in [0.2, 0.25) is 5.95 Å². The molecule has 176 valence electrons. The van der Waals surface area contributed by atoms with E-state index in [1.54, 1.807) is 11.8 Å². The Morgan fingerprint density at radius 2 is 2.03 bits per heavy atom. The number of ketones is 1. The van der Waals surface area contributed by atoms with Crippen molar-refractivity contribution in [1.29, 1.82) is 0 Å². The minimum Gasteiger partial charge on any atom is -0.493 e. The summed E-state index contributed by atoms with van der Waals surface area (Å²) in [6, 6.07) is 11.5. The average Bonchev–Trinajstić information content (AvgIpc) is 3.24. The molecule has 0 saturated carbocycles. The summed E-state index contributed by atoms with van der Waals surface area (Å²) >= 11 is 3.67. The van der Waals surface area contributed by atoms with Crippen molar-refractivity contribution in [3.05, 3.63) is 68.8 Å². The van der Waals surface area contributed by atoms with Gasteiger partial charge in [0.1, 0.15) is 12.6 Å². The highest BCUT2D eigenvalue weighted by Crippen LogP contribution is 2.47. The van der Waals surface area contributed by atoms with Gasteiger partial charge in [-0.2, -0.15) is 4.68 Å². The van der Waals surface area contributed by atoms with Gasteiger partial charge in [-0.05, 0) is 73.9 Å². The van der Waals surface area contributed by atoms with Crippen molar-refractivity contribution in [1.82, 2.24) is 20.2 Å². The van der Waals surface area contributed by atoms with E-state index < -0.39 is 6.04 Å². The third kappa shape index (κ3) is 3.98. The molecule has 5 rings (SSSR count). The molecule has 1 unspecified atom stereocenters. The van der Waals surface area contributed by atoms with Crippen LogP contribution in [0.15, 0.2) is 52.1 Å². The van der Waals surface area contributed by atoms with Gasteiger partial charge in [-0.3, -0.25) is 4.79 Å². The first-order valence-corrected chi connectivity index (χ1v) is 11.9. The van der Waals surface area contributed by atoms with Crippen LogP contribution in [0.3, 0.4) is 0 Å². The Hall–Kier alpha value is -3.20. The molecular weight excluding hydrogens is 498 g/mol. The SMILES string of the molecule is COc1cc(C2C3=C(CC(C)(C)CC3=O)Nc3nnnn32)cc(Br)c1OCc1ccccc1C. The lowest BCUT2D eigenvalue weighted by Crippen LogP contribution is -2.36. The van der Waals surface area contributed by atoms with Gasteiger partial charge in [0.15, 0.2) is 17.3 Å². The van der Waals surface area contributed by atoms with Crippen LogP contribution in [0.5, 0.6) is 11.5 Å². The van der Waals surface area contributed by atoms with E-state index in [0.29, 0.717) is 36.0 Å². The molecule has 0 fully saturated rings. The summed E-state index contributed by atoms with van der Waals surface area (Å²) in [5, 5.41) is 15.4. The number of Topliss-reactive ketones (excluding diaryl/α,β-unsaturated/α-hetero) is 1.